The average molecular weight is 175 g/mol. The molecule has 0 atom stereocenters. The van der Waals surface area contributed by atoms with Gasteiger partial charge in [0.05, 0.1) is 5.69 Å². The highest BCUT2D eigenvalue weighted by molar-refractivity contribution is 9.08. The highest BCUT2D eigenvalue weighted by Gasteiger charge is 1.89. The molecule has 1 aromatic rings. The Bertz CT molecular complexity index is 171. The number of hydrogen-bond acceptors (Lipinski definition) is 1. The molecule has 3 heteroatoms. The van der Waals surface area contributed by atoms with Crippen LogP contribution in [-0.4, -0.2) is 9.78 Å². The van der Waals surface area contributed by atoms with E-state index in [2.05, 4.69) is 21.0 Å². The monoisotopic (exact) mass is 174 g/mol. The van der Waals surface area contributed by atoms with Crippen molar-refractivity contribution in [2.75, 3.05) is 0 Å². The zero-order chi connectivity index (χ0) is 5.98. The maximum Gasteiger partial charge on any atom is 0.0729 e. The number of aryl methyl sites for hydroxylation is 1. The third kappa shape index (κ3) is 1.10. The van der Waals surface area contributed by atoms with Crippen LogP contribution in [0.5, 0.6) is 0 Å². The zero-order valence-corrected chi connectivity index (χ0v) is 6.22. The second-order valence-electron chi connectivity index (χ2n) is 1.61. The van der Waals surface area contributed by atoms with Crippen LogP contribution in [0.25, 0.3) is 0 Å². The summed E-state index contributed by atoms with van der Waals surface area (Å²) < 4.78 is 1.79. The van der Waals surface area contributed by atoms with Gasteiger partial charge >= 0.3 is 0 Å². The van der Waals surface area contributed by atoms with Gasteiger partial charge in [0.25, 0.3) is 0 Å². The number of nitrogens with zero attached hydrogens (tertiary/aromatic N) is 2. The lowest BCUT2D eigenvalue weighted by Crippen LogP contribution is -1.87. The fourth-order valence-electron chi connectivity index (χ4n) is 0.534. The van der Waals surface area contributed by atoms with Gasteiger partial charge in [-0.2, -0.15) is 5.10 Å². The third-order valence-electron chi connectivity index (χ3n) is 0.906. The molecule has 1 rings (SSSR count). The molecule has 0 N–H and O–H groups in total. The van der Waals surface area contributed by atoms with Crippen molar-refractivity contribution in [1.82, 2.24) is 9.78 Å². The van der Waals surface area contributed by atoms with Gasteiger partial charge in [-0.1, -0.05) is 15.9 Å². The smallest absolute Gasteiger partial charge is 0.0729 e. The van der Waals surface area contributed by atoms with Crippen LogP contribution >= 0.6 is 15.9 Å². The molecule has 1 heterocycles. The number of aromatic nitrogens is 2. The Balaban J connectivity index is 2.84. The minimum absolute atomic E-state index is 0.841. The molecule has 0 aromatic carbocycles. The molecule has 0 saturated heterocycles. The molecule has 0 aliphatic heterocycles. The number of halogens is 1. The molecule has 0 aliphatic carbocycles. The van der Waals surface area contributed by atoms with E-state index in [-0.39, 0.29) is 0 Å². The molecular weight excluding hydrogens is 168 g/mol. The summed E-state index contributed by atoms with van der Waals surface area (Å²) >= 11 is 3.29. The van der Waals surface area contributed by atoms with Crippen molar-refractivity contribution in [3.05, 3.63) is 18.0 Å². The molecule has 0 fully saturated rings. The van der Waals surface area contributed by atoms with Gasteiger partial charge in [-0.05, 0) is 6.07 Å². The summed E-state index contributed by atoms with van der Waals surface area (Å²) in [5.41, 5.74) is 1.08. The minimum atomic E-state index is 0.841. The van der Waals surface area contributed by atoms with Gasteiger partial charge in [0.1, 0.15) is 0 Å². The molecule has 2 nitrogen and oxygen atoms in total. The quantitative estimate of drug-likeness (QED) is 0.588. The van der Waals surface area contributed by atoms with Crippen molar-refractivity contribution in [2.45, 2.75) is 5.33 Å². The SMILES string of the molecule is Cn1ccc(CBr)n1. The highest BCUT2D eigenvalue weighted by atomic mass is 79.9. The lowest BCUT2D eigenvalue weighted by Gasteiger charge is -1.82. The summed E-state index contributed by atoms with van der Waals surface area (Å²) in [5.74, 6) is 0. The van der Waals surface area contributed by atoms with Gasteiger partial charge in [0.2, 0.25) is 0 Å². The van der Waals surface area contributed by atoms with E-state index >= 15 is 0 Å². The maximum atomic E-state index is 4.10. The van der Waals surface area contributed by atoms with E-state index in [1.54, 1.807) is 4.68 Å². The fraction of sp³-hybridized carbons (Fsp3) is 0.400. The van der Waals surface area contributed by atoms with E-state index in [1.165, 1.54) is 0 Å². The summed E-state index contributed by atoms with van der Waals surface area (Å²) in [5, 5.41) is 4.94. The van der Waals surface area contributed by atoms with E-state index in [9.17, 15) is 0 Å². The van der Waals surface area contributed by atoms with E-state index in [0.717, 1.165) is 11.0 Å². The summed E-state index contributed by atoms with van der Waals surface area (Å²) in [6.07, 6.45) is 1.93. The van der Waals surface area contributed by atoms with Crippen LogP contribution in [0.15, 0.2) is 12.3 Å². The largest absolute Gasteiger partial charge is 0.276 e. The van der Waals surface area contributed by atoms with Crippen molar-refractivity contribution in [1.29, 1.82) is 0 Å². The normalized spacial score (nSPS) is 9.75. The van der Waals surface area contributed by atoms with E-state index in [4.69, 9.17) is 0 Å². The van der Waals surface area contributed by atoms with Crippen LogP contribution < -0.4 is 0 Å². The second-order valence-corrected chi connectivity index (χ2v) is 2.18. The molecule has 0 unspecified atom stereocenters. The first-order chi connectivity index (χ1) is 3.83. The molecule has 0 bridgehead atoms. The topological polar surface area (TPSA) is 17.8 Å². The van der Waals surface area contributed by atoms with E-state index < -0.39 is 0 Å². The Morgan fingerprint density at radius 3 is 2.88 bits per heavy atom. The summed E-state index contributed by atoms with van der Waals surface area (Å²) in [6, 6.07) is 1.98. The summed E-state index contributed by atoms with van der Waals surface area (Å²) in [7, 11) is 1.91. The lowest BCUT2D eigenvalue weighted by atomic mass is 10.5. The Labute approximate surface area is 56.6 Å². The lowest BCUT2D eigenvalue weighted by molar-refractivity contribution is 0.755. The molecule has 0 aliphatic rings. The van der Waals surface area contributed by atoms with Crippen molar-refractivity contribution >= 4 is 15.9 Å². The molecule has 0 saturated carbocycles. The van der Waals surface area contributed by atoms with Gasteiger partial charge in [-0.3, -0.25) is 4.68 Å². The first-order valence-electron chi connectivity index (χ1n) is 2.37. The van der Waals surface area contributed by atoms with Crippen molar-refractivity contribution < 1.29 is 0 Å². The average Bonchev–Trinajstić information content (AvgIpc) is 2.14. The Kier molecular flexibility index (Phi) is 1.68. The predicted octanol–water partition coefficient (Wildman–Crippen LogP) is 1.31. The fourth-order valence-corrected chi connectivity index (χ4v) is 0.834. The van der Waals surface area contributed by atoms with Crippen molar-refractivity contribution in [2.24, 2.45) is 7.05 Å². The minimum Gasteiger partial charge on any atom is -0.276 e. The molecule has 0 radical (unpaired) electrons. The standard InChI is InChI=1S/C5H7BrN2/c1-8-3-2-5(4-6)7-8/h2-3H,4H2,1H3. The first-order valence-corrected chi connectivity index (χ1v) is 3.49. The molecule has 44 valence electrons. The van der Waals surface area contributed by atoms with Crippen LogP contribution in [-0.2, 0) is 12.4 Å². The number of hydrogen-bond donors (Lipinski definition) is 0. The third-order valence-corrected chi connectivity index (χ3v) is 1.48. The molecular formula is C5H7BrN2. The second kappa shape index (κ2) is 2.31. The van der Waals surface area contributed by atoms with Crippen molar-refractivity contribution in [3.8, 4) is 0 Å². The van der Waals surface area contributed by atoms with Crippen LogP contribution in [0.3, 0.4) is 0 Å². The van der Waals surface area contributed by atoms with Gasteiger partial charge < -0.3 is 0 Å². The summed E-state index contributed by atoms with van der Waals surface area (Å²) in [4.78, 5) is 0. The van der Waals surface area contributed by atoms with Crippen LogP contribution in [0, 0.1) is 0 Å². The first kappa shape index (κ1) is 5.82. The van der Waals surface area contributed by atoms with Gasteiger partial charge in [0.15, 0.2) is 0 Å². The van der Waals surface area contributed by atoms with E-state index in [0.29, 0.717) is 0 Å². The molecule has 8 heavy (non-hydrogen) atoms. The molecule has 0 spiro atoms. The zero-order valence-electron chi connectivity index (χ0n) is 4.63. The maximum absolute atomic E-state index is 4.10. The molecule has 1 aromatic heterocycles. The van der Waals surface area contributed by atoms with Crippen LogP contribution in [0.1, 0.15) is 5.69 Å². The van der Waals surface area contributed by atoms with Gasteiger partial charge in [0, 0.05) is 18.6 Å². The van der Waals surface area contributed by atoms with Crippen LogP contribution in [0.4, 0.5) is 0 Å². The van der Waals surface area contributed by atoms with Crippen LogP contribution in [0.2, 0.25) is 0 Å². The number of alkyl halides is 1. The number of rotatable bonds is 1. The van der Waals surface area contributed by atoms with Gasteiger partial charge in [-0.15, -0.1) is 0 Å². The predicted molar refractivity (Wildman–Crippen MR) is 35.8 cm³/mol. The van der Waals surface area contributed by atoms with Gasteiger partial charge in [-0.25, -0.2) is 0 Å². The highest BCUT2D eigenvalue weighted by Crippen LogP contribution is 1.98. The van der Waals surface area contributed by atoms with Crippen molar-refractivity contribution in [3.63, 3.8) is 0 Å². The Morgan fingerprint density at radius 2 is 2.62 bits per heavy atom. The Morgan fingerprint density at radius 1 is 1.88 bits per heavy atom. The van der Waals surface area contributed by atoms with E-state index in [1.807, 2.05) is 19.3 Å². The Hall–Kier alpha value is -0.310. The molecule has 0 amide bonds. The summed E-state index contributed by atoms with van der Waals surface area (Å²) in [6.45, 7) is 0.